The lowest BCUT2D eigenvalue weighted by Crippen LogP contribution is -2.16. The van der Waals surface area contributed by atoms with E-state index >= 15 is 0 Å². The molecule has 2 heterocycles. The van der Waals surface area contributed by atoms with Crippen LogP contribution in [0.15, 0.2) is 30.3 Å². The van der Waals surface area contributed by atoms with Crippen LogP contribution in [0, 0.1) is 0 Å². The minimum Gasteiger partial charge on any atom is -0.406 e. The van der Waals surface area contributed by atoms with E-state index in [1.54, 1.807) is 12.1 Å². The second kappa shape index (κ2) is 7.27. The number of benzene rings is 1. The molecule has 2 aromatic heterocycles. The summed E-state index contributed by atoms with van der Waals surface area (Å²) in [5, 5.41) is 0.721. The number of nitrogens with one attached hydrogen (secondary N) is 1. The first kappa shape index (κ1) is 18.1. The molecule has 0 unspecified atom stereocenters. The van der Waals surface area contributed by atoms with Crippen LogP contribution >= 0.6 is 22.9 Å². The standard InChI is InChI=1S/C17H16ClF3N2OS/c18-15-7-6-14(25-15)16-11(3-1-2-8-22)12-9-10(24-17(19,20)21)4-5-13(12)23-16/h4-7,9,23H,1-3,8,22H2. The predicted molar refractivity (Wildman–Crippen MR) is 95.3 cm³/mol. The molecule has 0 aliphatic heterocycles. The molecule has 0 aliphatic carbocycles. The molecule has 1 aromatic carbocycles. The Morgan fingerprint density at radius 1 is 1.16 bits per heavy atom. The lowest BCUT2D eigenvalue weighted by atomic mass is 10.0. The largest absolute Gasteiger partial charge is 0.573 e. The Bertz CT molecular complexity index is 873. The minimum atomic E-state index is -4.71. The number of aromatic nitrogens is 1. The Labute approximate surface area is 151 Å². The van der Waals surface area contributed by atoms with Gasteiger partial charge in [0, 0.05) is 10.9 Å². The van der Waals surface area contributed by atoms with Gasteiger partial charge in [0.15, 0.2) is 0 Å². The van der Waals surface area contributed by atoms with Gasteiger partial charge in [-0.3, -0.25) is 0 Å². The third kappa shape index (κ3) is 4.29. The van der Waals surface area contributed by atoms with Crippen LogP contribution in [0.5, 0.6) is 5.75 Å². The maximum atomic E-state index is 12.5. The van der Waals surface area contributed by atoms with E-state index in [9.17, 15) is 13.2 Å². The Hall–Kier alpha value is -1.70. The van der Waals surface area contributed by atoms with Crippen molar-refractivity contribution in [3.05, 3.63) is 40.2 Å². The van der Waals surface area contributed by atoms with Crippen molar-refractivity contribution >= 4 is 33.8 Å². The van der Waals surface area contributed by atoms with Gasteiger partial charge < -0.3 is 15.5 Å². The van der Waals surface area contributed by atoms with Gasteiger partial charge >= 0.3 is 6.36 Å². The van der Waals surface area contributed by atoms with Crippen LogP contribution in [-0.4, -0.2) is 17.9 Å². The SMILES string of the molecule is NCCCCc1c(-c2ccc(Cl)s2)[nH]c2ccc(OC(F)(F)F)cc12. The molecule has 3 rings (SSSR count). The zero-order valence-electron chi connectivity index (χ0n) is 13.1. The highest BCUT2D eigenvalue weighted by molar-refractivity contribution is 7.19. The van der Waals surface area contributed by atoms with Crippen molar-refractivity contribution in [2.45, 2.75) is 25.6 Å². The highest BCUT2D eigenvalue weighted by Crippen LogP contribution is 2.38. The summed E-state index contributed by atoms with van der Waals surface area (Å²) in [4.78, 5) is 4.24. The Morgan fingerprint density at radius 3 is 2.60 bits per heavy atom. The Kier molecular flexibility index (Phi) is 5.27. The fraction of sp³-hybridized carbons (Fsp3) is 0.294. The molecule has 3 N–H and O–H groups in total. The average molecular weight is 389 g/mol. The first-order valence-electron chi connectivity index (χ1n) is 7.73. The number of fused-ring (bicyclic) bond motifs is 1. The number of alkyl halides is 3. The number of nitrogens with two attached hydrogens (primary N) is 1. The summed E-state index contributed by atoms with van der Waals surface area (Å²) in [6, 6.07) is 8.03. The molecular formula is C17H16ClF3N2OS. The summed E-state index contributed by atoms with van der Waals surface area (Å²) in [5.41, 5.74) is 8.16. The van der Waals surface area contributed by atoms with E-state index in [1.807, 2.05) is 6.07 Å². The zero-order chi connectivity index (χ0) is 18.0. The van der Waals surface area contributed by atoms with Crippen LogP contribution in [0.2, 0.25) is 4.34 Å². The van der Waals surface area contributed by atoms with Crippen molar-refractivity contribution in [3.8, 4) is 16.3 Å². The molecule has 0 bridgehead atoms. The molecule has 134 valence electrons. The normalized spacial score (nSPS) is 12.0. The number of ether oxygens (including phenoxy) is 1. The third-order valence-electron chi connectivity index (χ3n) is 3.81. The number of hydrogen-bond acceptors (Lipinski definition) is 3. The smallest absolute Gasteiger partial charge is 0.406 e. The number of aromatic amines is 1. The van der Waals surface area contributed by atoms with Crippen molar-refractivity contribution in [2.24, 2.45) is 5.73 Å². The summed E-state index contributed by atoms with van der Waals surface area (Å²) < 4.78 is 42.2. The van der Waals surface area contributed by atoms with Crippen LogP contribution in [0.1, 0.15) is 18.4 Å². The molecule has 0 saturated carbocycles. The van der Waals surface area contributed by atoms with Gasteiger partial charge in [0.1, 0.15) is 5.75 Å². The number of hydrogen-bond donors (Lipinski definition) is 2. The number of H-pyrrole nitrogens is 1. The molecule has 0 amide bonds. The predicted octanol–water partition coefficient (Wildman–Crippen LogP) is 5.73. The number of unbranched alkanes of at least 4 members (excludes halogenated alkanes) is 1. The first-order chi connectivity index (χ1) is 11.9. The van der Waals surface area contributed by atoms with Gasteiger partial charge in [-0.15, -0.1) is 24.5 Å². The van der Waals surface area contributed by atoms with E-state index in [0.29, 0.717) is 17.3 Å². The van der Waals surface area contributed by atoms with Gasteiger partial charge in [0.25, 0.3) is 0 Å². The quantitative estimate of drug-likeness (QED) is 0.530. The highest BCUT2D eigenvalue weighted by atomic mass is 35.5. The second-order valence-corrected chi connectivity index (χ2v) is 7.30. The summed E-state index contributed by atoms with van der Waals surface area (Å²) >= 11 is 7.45. The van der Waals surface area contributed by atoms with E-state index in [2.05, 4.69) is 9.72 Å². The zero-order valence-corrected chi connectivity index (χ0v) is 14.7. The molecule has 0 radical (unpaired) electrons. The summed E-state index contributed by atoms with van der Waals surface area (Å²) in [7, 11) is 0. The molecule has 0 fully saturated rings. The maximum absolute atomic E-state index is 12.5. The first-order valence-corrected chi connectivity index (χ1v) is 8.93. The van der Waals surface area contributed by atoms with Gasteiger partial charge in [-0.2, -0.15) is 0 Å². The molecule has 0 aliphatic rings. The fourth-order valence-electron chi connectivity index (χ4n) is 2.79. The minimum absolute atomic E-state index is 0.227. The van der Waals surface area contributed by atoms with E-state index in [4.69, 9.17) is 17.3 Å². The van der Waals surface area contributed by atoms with E-state index in [1.165, 1.54) is 23.5 Å². The number of thiophene rings is 1. The topological polar surface area (TPSA) is 51.0 Å². The summed E-state index contributed by atoms with van der Waals surface area (Å²) in [6.45, 7) is 0.574. The molecule has 0 saturated heterocycles. The number of halogens is 4. The molecule has 0 atom stereocenters. The van der Waals surface area contributed by atoms with Crippen LogP contribution in [0.25, 0.3) is 21.5 Å². The maximum Gasteiger partial charge on any atom is 0.573 e. The van der Waals surface area contributed by atoms with Crippen molar-refractivity contribution < 1.29 is 17.9 Å². The van der Waals surface area contributed by atoms with Crippen LogP contribution in [0.4, 0.5) is 13.2 Å². The molecule has 0 spiro atoms. The molecule has 25 heavy (non-hydrogen) atoms. The fourth-order valence-corrected chi connectivity index (χ4v) is 3.86. The van der Waals surface area contributed by atoms with Crippen LogP contribution < -0.4 is 10.5 Å². The Morgan fingerprint density at radius 2 is 1.96 bits per heavy atom. The highest BCUT2D eigenvalue weighted by Gasteiger charge is 2.31. The van der Waals surface area contributed by atoms with Crippen LogP contribution in [0.3, 0.4) is 0 Å². The Balaban J connectivity index is 2.06. The molecule has 3 aromatic rings. The average Bonchev–Trinajstić information content (AvgIpc) is 3.10. The van der Waals surface area contributed by atoms with Gasteiger partial charge in [0.2, 0.25) is 0 Å². The van der Waals surface area contributed by atoms with Gasteiger partial charge in [0.05, 0.1) is 14.9 Å². The number of aryl methyl sites for hydroxylation is 1. The molecule has 8 heteroatoms. The second-order valence-electron chi connectivity index (χ2n) is 5.58. The van der Waals surface area contributed by atoms with E-state index < -0.39 is 6.36 Å². The number of rotatable bonds is 6. The van der Waals surface area contributed by atoms with E-state index in [0.717, 1.165) is 39.9 Å². The third-order valence-corrected chi connectivity index (χ3v) is 5.06. The molecular weight excluding hydrogens is 373 g/mol. The van der Waals surface area contributed by atoms with E-state index in [-0.39, 0.29) is 5.75 Å². The van der Waals surface area contributed by atoms with Gasteiger partial charge in [-0.1, -0.05) is 11.6 Å². The van der Waals surface area contributed by atoms with Gasteiger partial charge in [-0.25, -0.2) is 0 Å². The molecule has 3 nitrogen and oxygen atoms in total. The van der Waals surface area contributed by atoms with Crippen molar-refractivity contribution in [1.29, 1.82) is 0 Å². The van der Waals surface area contributed by atoms with Crippen molar-refractivity contribution in [2.75, 3.05) is 6.54 Å². The monoisotopic (exact) mass is 388 g/mol. The van der Waals surface area contributed by atoms with Crippen LogP contribution in [-0.2, 0) is 6.42 Å². The lowest BCUT2D eigenvalue weighted by Gasteiger charge is -2.09. The lowest BCUT2D eigenvalue weighted by molar-refractivity contribution is -0.274. The van der Waals surface area contributed by atoms with Crippen molar-refractivity contribution in [1.82, 2.24) is 4.98 Å². The summed E-state index contributed by atoms with van der Waals surface area (Å²) in [6.07, 6.45) is -2.32. The van der Waals surface area contributed by atoms with Crippen molar-refractivity contribution in [3.63, 3.8) is 0 Å². The summed E-state index contributed by atoms with van der Waals surface area (Å²) in [5.74, 6) is -0.227. The van der Waals surface area contributed by atoms with Gasteiger partial charge in [-0.05, 0) is 61.7 Å².